The maximum atomic E-state index is 12.3. The predicted octanol–water partition coefficient (Wildman–Crippen LogP) is 1.67. The highest BCUT2D eigenvalue weighted by Crippen LogP contribution is 2.17. The number of carbonyl (C=O) groups is 1. The molecule has 1 amide bonds. The molecule has 0 atom stereocenters. The van der Waals surface area contributed by atoms with Crippen molar-refractivity contribution in [2.24, 2.45) is 0 Å². The second-order valence-electron chi connectivity index (χ2n) is 5.33. The lowest BCUT2D eigenvalue weighted by molar-refractivity contribution is 0.102. The number of carbonyl (C=O) groups excluding carboxylic acids is 1. The topological polar surface area (TPSA) is 110 Å². The van der Waals surface area contributed by atoms with E-state index in [9.17, 15) is 18.0 Å². The van der Waals surface area contributed by atoms with Crippen molar-refractivity contribution >= 4 is 27.3 Å². The fourth-order valence-electron chi connectivity index (χ4n) is 2.15. The van der Waals surface area contributed by atoms with Gasteiger partial charge >= 0.3 is 0 Å². The fraction of sp³-hybridized carbons (Fsp3) is 0.312. The summed E-state index contributed by atoms with van der Waals surface area (Å²) in [5.74, 6) is -0.470. The summed E-state index contributed by atoms with van der Waals surface area (Å²) in [6.07, 6.45) is 0.505. The second kappa shape index (κ2) is 7.93. The van der Waals surface area contributed by atoms with Gasteiger partial charge in [-0.25, -0.2) is 13.1 Å². The molecule has 0 fully saturated rings. The highest BCUT2D eigenvalue weighted by Gasteiger charge is 2.12. The van der Waals surface area contributed by atoms with Crippen LogP contribution >= 0.6 is 0 Å². The minimum Gasteiger partial charge on any atom is -0.321 e. The minimum absolute atomic E-state index is 0.0199. The first-order valence-corrected chi connectivity index (χ1v) is 9.50. The lowest BCUT2D eigenvalue weighted by Gasteiger charge is -2.10. The third-order valence-electron chi connectivity index (χ3n) is 3.27. The molecule has 0 unspecified atom stereocenters. The summed E-state index contributed by atoms with van der Waals surface area (Å²) in [4.78, 5) is 23.8. The van der Waals surface area contributed by atoms with Crippen molar-refractivity contribution < 1.29 is 13.2 Å². The van der Waals surface area contributed by atoms with E-state index in [0.29, 0.717) is 24.3 Å². The number of aryl methyl sites for hydroxylation is 1. The van der Waals surface area contributed by atoms with E-state index in [-0.39, 0.29) is 17.0 Å². The van der Waals surface area contributed by atoms with Crippen LogP contribution in [0.1, 0.15) is 30.8 Å². The Morgan fingerprint density at radius 3 is 2.56 bits per heavy atom. The number of sulfonamides is 1. The van der Waals surface area contributed by atoms with Crippen molar-refractivity contribution in [2.75, 3.05) is 15.8 Å². The van der Waals surface area contributed by atoms with E-state index in [2.05, 4.69) is 15.1 Å². The van der Waals surface area contributed by atoms with Crippen LogP contribution in [0, 0.1) is 0 Å². The maximum absolute atomic E-state index is 12.3. The molecule has 0 radical (unpaired) electrons. The number of hydrogen-bond donors (Lipinski definition) is 2. The van der Waals surface area contributed by atoms with Gasteiger partial charge in [-0.15, -0.1) is 0 Å². The fourth-order valence-corrected chi connectivity index (χ4v) is 3.28. The molecule has 8 nitrogen and oxygen atoms in total. The Balaban J connectivity index is 2.16. The number of nitrogens with zero attached hydrogens (tertiary/aromatic N) is 2. The van der Waals surface area contributed by atoms with Gasteiger partial charge < -0.3 is 5.32 Å². The maximum Gasteiger partial charge on any atom is 0.276 e. The quantitative estimate of drug-likeness (QED) is 0.776. The van der Waals surface area contributed by atoms with E-state index in [1.54, 1.807) is 32.0 Å². The zero-order valence-electron chi connectivity index (χ0n) is 14.0. The van der Waals surface area contributed by atoms with Gasteiger partial charge in [-0.2, -0.15) is 5.10 Å². The number of amides is 1. The molecule has 0 spiro atoms. The summed E-state index contributed by atoms with van der Waals surface area (Å²) in [5, 5.41) is 6.61. The van der Waals surface area contributed by atoms with Crippen molar-refractivity contribution in [3.63, 3.8) is 0 Å². The van der Waals surface area contributed by atoms with Gasteiger partial charge in [-0.1, -0.05) is 13.0 Å². The third-order valence-corrected chi connectivity index (χ3v) is 4.76. The Morgan fingerprint density at radius 2 is 1.88 bits per heavy atom. The van der Waals surface area contributed by atoms with Crippen molar-refractivity contribution in [3.05, 3.63) is 52.4 Å². The highest BCUT2D eigenvalue weighted by atomic mass is 32.2. The molecular formula is C16H20N4O4S. The number of aromatic nitrogens is 2. The lowest BCUT2D eigenvalue weighted by Crippen LogP contribution is -2.25. The van der Waals surface area contributed by atoms with Gasteiger partial charge in [0.05, 0.1) is 11.4 Å². The van der Waals surface area contributed by atoms with E-state index in [0.717, 1.165) is 0 Å². The molecule has 1 aromatic carbocycles. The summed E-state index contributed by atoms with van der Waals surface area (Å²) in [6.45, 7) is 3.88. The molecule has 25 heavy (non-hydrogen) atoms. The SMILES string of the molecule is CCCS(=O)(=O)Nc1cccc(NC(=O)c2ccc(=O)n(CC)n2)c1. The zero-order valence-corrected chi connectivity index (χ0v) is 14.8. The summed E-state index contributed by atoms with van der Waals surface area (Å²) < 4.78 is 27.3. The largest absolute Gasteiger partial charge is 0.321 e. The first kappa shape index (κ1) is 18.7. The van der Waals surface area contributed by atoms with Gasteiger partial charge in [0, 0.05) is 18.3 Å². The Labute approximate surface area is 145 Å². The first-order valence-electron chi connectivity index (χ1n) is 7.84. The number of rotatable bonds is 7. The van der Waals surface area contributed by atoms with Gasteiger partial charge in [0.15, 0.2) is 0 Å². The molecule has 9 heteroatoms. The minimum atomic E-state index is -3.41. The molecule has 134 valence electrons. The molecule has 0 aliphatic carbocycles. The molecular weight excluding hydrogens is 344 g/mol. The molecule has 0 aliphatic heterocycles. The van der Waals surface area contributed by atoms with Crippen molar-refractivity contribution in [1.82, 2.24) is 9.78 Å². The number of nitrogens with one attached hydrogen (secondary N) is 2. The van der Waals surface area contributed by atoms with Crippen molar-refractivity contribution in [2.45, 2.75) is 26.8 Å². The van der Waals surface area contributed by atoms with Crippen LogP contribution in [0.3, 0.4) is 0 Å². The van der Waals surface area contributed by atoms with E-state index in [4.69, 9.17) is 0 Å². The van der Waals surface area contributed by atoms with Gasteiger partial charge in [-0.05, 0) is 37.6 Å². The summed E-state index contributed by atoms with van der Waals surface area (Å²) in [6, 6.07) is 8.99. The van der Waals surface area contributed by atoms with Gasteiger partial charge in [0.25, 0.3) is 11.5 Å². The second-order valence-corrected chi connectivity index (χ2v) is 7.17. The van der Waals surface area contributed by atoms with Crippen molar-refractivity contribution in [3.8, 4) is 0 Å². The van der Waals surface area contributed by atoms with E-state index < -0.39 is 15.9 Å². The molecule has 2 rings (SSSR count). The summed E-state index contributed by atoms with van der Waals surface area (Å²) in [7, 11) is -3.41. The van der Waals surface area contributed by atoms with Gasteiger partial charge in [0.1, 0.15) is 5.69 Å². The first-order chi connectivity index (χ1) is 11.8. The Kier molecular flexibility index (Phi) is 5.92. The molecule has 2 aromatic rings. The third kappa shape index (κ3) is 5.15. The zero-order chi connectivity index (χ0) is 18.4. The van der Waals surface area contributed by atoms with Crippen LogP contribution in [0.2, 0.25) is 0 Å². The molecule has 0 saturated carbocycles. The summed E-state index contributed by atoms with van der Waals surface area (Å²) in [5.41, 5.74) is 0.584. The molecule has 1 heterocycles. The van der Waals surface area contributed by atoms with Crippen molar-refractivity contribution in [1.29, 1.82) is 0 Å². The Hall–Kier alpha value is -2.68. The van der Waals surface area contributed by atoms with E-state index in [1.165, 1.54) is 22.9 Å². The molecule has 0 aliphatic rings. The number of benzene rings is 1. The molecule has 2 N–H and O–H groups in total. The van der Waals surface area contributed by atoms with Gasteiger partial charge in [-0.3, -0.25) is 14.3 Å². The number of anilines is 2. The van der Waals surface area contributed by atoms with Crippen LogP contribution in [-0.4, -0.2) is 29.9 Å². The van der Waals surface area contributed by atoms with Crippen LogP contribution in [-0.2, 0) is 16.6 Å². The number of hydrogen-bond acceptors (Lipinski definition) is 5. The van der Waals surface area contributed by atoms with Crippen LogP contribution in [0.25, 0.3) is 0 Å². The van der Waals surface area contributed by atoms with Crippen LogP contribution in [0.15, 0.2) is 41.2 Å². The van der Waals surface area contributed by atoms with Crippen LogP contribution in [0.4, 0.5) is 11.4 Å². The standard InChI is InChI=1S/C16H20N4O4S/c1-3-10-25(23,24)19-13-7-5-6-12(11-13)17-16(22)14-8-9-15(21)20(4-2)18-14/h5-9,11,19H,3-4,10H2,1-2H3,(H,17,22). The molecule has 1 aromatic heterocycles. The highest BCUT2D eigenvalue weighted by molar-refractivity contribution is 7.92. The van der Waals surface area contributed by atoms with E-state index in [1.807, 2.05) is 0 Å². The van der Waals surface area contributed by atoms with E-state index >= 15 is 0 Å². The smallest absolute Gasteiger partial charge is 0.276 e. The average Bonchev–Trinajstić information content (AvgIpc) is 2.55. The van der Waals surface area contributed by atoms with Crippen LogP contribution < -0.4 is 15.6 Å². The molecule has 0 saturated heterocycles. The summed E-state index contributed by atoms with van der Waals surface area (Å²) >= 11 is 0. The molecule has 0 bridgehead atoms. The predicted molar refractivity (Wildman–Crippen MR) is 96.3 cm³/mol. The lowest BCUT2D eigenvalue weighted by atomic mass is 10.2. The average molecular weight is 364 g/mol. The van der Waals surface area contributed by atoms with Crippen LogP contribution in [0.5, 0.6) is 0 Å². The van der Waals surface area contributed by atoms with Gasteiger partial charge in [0.2, 0.25) is 10.0 Å². The monoisotopic (exact) mass is 364 g/mol. The Bertz CT molecular complexity index is 922. The Morgan fingerprint density at radius 1 is 1.16 bits per heavy atom. The normalized spacial score (nSPS) is 11.1.